The van der Waals surface area contributed by atoms with Crippen molar-refractivity contribution in [1.82, 2.24) is 5.32 Å². The highest BCUT2D eigenvalue weighted by Crippen LogP contribution is 2.10. The van der Waals surface area contributed by atoms with E-state index in [1.165, 1.54) is 77.0 Å². The van der Waals surface area contributed by atoms with Crippen molar-refractivity contribution >= 4 is 5.91 Å². The molecule has 0 saturated heterocycles. The lowest BCUT2D eigenvalue weighted by atomic mass is 10.1. The molecule has 1 amide bonds. The number of carbonyl (C=O) groups is 1. The Kier molecular flexibility index (Phi) is 23.6. The van der Waals surface area contributed by atoms with Crippen molar-refractivity contribution in [2.24, 2.45) is 0 Å². The fourth-order valence-corrected chi connectivity index (χ4v) is 3.78. The van der Waals surface area contributed by atoms with Crippen LogP contribution in [0.5, 0.6) is 0 Å². The van der Waals surface area contributed by atoms with Gasteiger partial charge in [0.1, 0.15) is 0 Å². The molecule has 2 atom stereocenters. The van der Waals surface area contributed by atoms with Gasteiger partial charge in [0.2, 0.25) is 5.91 Å². The van der Waals surface area contributed by atoms with Crippen LogP contribution < -0.4 is 5.32 Å². The largest absolute Gasteiger partial charge is 0.394 e. The Hall–Kier alpha value is -1.13. The van der Waals surface area contributed by atoms with Crippen LogP contribution in [0.1, 0.15) is 129 Å². The molecule has 4 heteroatoms. The molecule has 0 heterocycles. The van der Waals surface area contributed by atoms with Crippen molar-refractivity contribution in [2.75, 3.05) is 6.61 Å². The molecular weight excluding hydrogens is 398 g/mol. The summed E-state index contributed by atoms with van der Waals surface area (Å²) in [5, 5.41) is 22.5. The number of aliphatic hydroxyl groups is 2. The zero-order valence-corrected chi connectivity index (χ0v) is 21.2. The number of carbonyl (C=O) groups excluding carboxylic acids is 1. The van der Waals surface area contributed by atoms with E-state index in [0.29, 0.717) is 6.42 Å². The van der Waals surface area contributed by atoms with Gasteiger partial charge in [-0.25, -0.2) is 0 Å². The fraction of sp³-hybridized carbons (Fsp3) is 0.821. The van der Waals surface area contributed by atoms with Gasteiger partial charge in [0.15, 0.2) is 0 Å². The molecule has 0 aromatic heterocycles. The van der Waals surface area contributed by atoms with Gasteiger partial charge in [0.05, 0.1) is 18.8 Å². The van der Waals surface area contributed by atoms with Crippen LogP contribution in [0.2, 0.25) is 0 Å². The topological polar surface area (TPSA) is 69.6 Å². The number of unbranched alkanes of at least 4 members (excludes halogenated alkanes) is 14. The summed E-state index contributed by atoms with van der Waals surface area (Å²) >= 11 is 0. The van der Waals surface area contributed by atoms with Gasteiger partial charge in [-0.15, -0.1) is 0 Å². The summed E-state index contributed by atoms with van der Waals surface area (Å²) < 4.78 is 0. The lowest BCUT2D eigenvalue weighted by molar-refractivity contribution is -0.123. The number of nitrogens with one attached hydrogen (secondary N) is 1. The lowest BCUT2D eigenvalue weighted by Gasteiger charge is -2.19. The molecule has 0 aliphatic rings. The second-order valence-corrected chi connectivity index (χ2v) is 9.11. The molecule has 0 rings (SSSR count). The van der Waals surface area contributed by atoms with E-state index < -0.39 is 12.1 Å². The number of aliphatic hydroxyl groups excluding tert-OH is 2. The zero-order valence-electron chi connectivity index (χ0n) is 21.2. The predicted octanol–water partition coefficient (Wildman–Crippen LogP) is 7.00. The van der Waals surface area contributed by atoms with Crippen molar-refractivity contribution in [3.63, 3.8) is 0 Å². The molecule has 0 bridgehead atoms. The third-order valence-corrected chi connectivity index (χ3v) is 5.94. The van der Waals surface area contributed by atoms with Gasteiger partial charge in [-0.3, -0.25) is 4.79 Å². The van der Waals surface area contributed by atoms with E-state index in [1.807, 2.05) is 6.08 Å². The number of hydrogen-bond donors (Lipinski definition) is 3. The van der Waals surface area contributed by atoms with E-state index in [4.69, 9.17) is 0 Å². The summed E-state index contributed by atoms with van der Waals surface area (Å²) in [5.74, 6) is -0.0871. The maximum Gasteiger partial charge on any atom is 0.220 e. The molecule has 2 unspecified atom stereocenters. The molecule has 0 aliphatic heterocycles. The highest BCUT2D eigenvalue weighted by molar-refractivity contribution is 5.76. The van der Waals surface area contributed by atoms with Gasteiger partial charge in [0, 0.05) is 6.42 Å². The van der Waals surface area contributed by atoms with Crippen molar-refractivity contribution in [3.05, 3.63) is 24.3 Å². The van der Waals surface area contributed by atoms with E-state index >= 15 is 0 Å². The summed E-state index contributed by atoms with van der Waals surface area (Å²) in [7, 11) is 0. The molecule has 0 aliphatic carbocycles. The number of allylic oxidation sites excluding steroid dienone is 3. The molecule has 0 spiro atoms. The Labute approximate surface area is 199 Å². The fourth-order valence-electron chi connectivity index (χ4n) is 3.78. The number of rotatable bonds is 23. The Bertz CT molecular complexity index is 462. The van der Waals surface area contributed by atoms with Crippen LogP contribution in [-0.2, 0) is 4.79 Å². The van der Waals surface area contributed by atoms with E-state index in [0.717, 1.165) is 32.1 Å². The molecule has 0 saturated carbocycles. The Morgan fingerprint density at radius 2 is 1.22 bits per heavy atom. The normalized spacial score (nSPS) is 13.8. The van der Waals surface area contributed by atoms with E-state index in [9.17, 15) is 15.0 Å². The van der Waals surface area contributed by atoms with Crippen LogP contribution in [-0.4, -0.2) is 34.9 Å². The second kappa shape index (κ2) is 24.5. The molecule has 32 heavy (non-hydrogen) atoms. The molecule has 0 fully saturated rings. The molecular formula is C28H53NO3. The first-order valence-electron chi connectivity index (χ1n) is 13.6. The summed E-state index contributed by atoms with van der Waals surface area (Å²) in [6.45, 7) is 4.19. The van der Waals surface area contributed by atoms with Crippen LogP contribution in [0, 0.1) is 0 Å². The third kappa shape index (κ3) is 20.8. The van der Waals surface area contributed by atoms with Gasteiger partial charge in [-0.2, -0.15) is 0 Å². The van der Waals surface area contributed by atoms with E-state index in [-0.39, 0.29) is 12.5 Å². The van der Waals surface area contributed by atoms with Crippen LogP contribution in [0.15, 0.2) is 24.3 Å². The van der Waals surface area contributed by atoms with Crippen molar-refractivity contribution in [1.29, 1.82) is 0 Å². The van der Waals surface area contributed by atoms with Crippen molar-refractivity contribution in [3.8, 4) is 0 Å². The molecule has 188 valence electrons. The minimum atomic E-state index is -0.852. The molecule has 4 nitrogen and oxygen atoms in total. The molecule has 3 N–H and O–H groups in total. The first-order valence-corrected chi connectivity index (χ1v) is 13.6. The predicted molar refractivity (Wildman–Crippen MR) is 138 cm³/mol. The molecule has 0 aromatic rings. The van der Waals surface area contributed by atoms with E-state index in [1.54, 1.807) is 6.08 Å². The van der Waals surface area contributed by atoms with Crippen LogP contribution in [0.4, 0.5) is 0 Å². The smallest absolute Gasteiger partial charge is 0.220 e. The Morgan fingerprint density at radius 1 is 0.719 bits per heavy atom. The van der Waals surface area contributed by atoms with Crippen LogP contribution in [0.3, 0.4) is 0 Å². The summed E-state index contributed by atoms with van der Waals surface area (Å²) in [4.78, 5) is 12.0. The number of amides is 1. The van der Waals surface area contributed by atoms with Crippen LogP contribution >= 0.6 is 0 Å². The van der Waals surface area contributed by atoms with Gasteiger partial charge >= 0.3 is 0 Å². The monoisotopic (exact) mass is 451 g/mol. The minimum absolute atomic E-state index is 0.0871. The lowest BCUT2D eigenvalue weighted by Crippen LogP contribution is -2.45. The average molecular weight is 452 g/mol. The molecule has 0 aromatic carbocycles. The van der Waals surface area contributed by atoms with Gasteiger partial charge in [0.25, 0.3) is 0 Å². The SMILES string of the molecule is CCCCCCCCCC/C=C/CC/C=C/C(O)C(CO)NC(=O)CCCCCCCC. The Morgan fingerprint density at radius 3 is 1.81 bits per heavy atom. The second-order valence-electron chi connectivity index (χ2n) is 9.11. The highest BCUT2D eigenvalue weighted by atomic mass is 16.3. The maximum atomic E-state index is 12.0. The first kappa shape index (κ1) is 30.9. The van der Waals surface area contributed by atoms with Gasteiger partial charge < -0.3 is 15.5 Å². The third-order valence-electron chi connectivity index (χ3n) is 5.94. The van der Waals surface area contributed by atoms with Gasteiger partial charge in [-0.1, -0.05) is 115 Å². The summed E-state index contributed by atoms with van der Waals surface area (Å²) in [6.07, 6.45) is 28.3. The quantitative estimate of drug-likeness (QED) is 0.116. The van der Waals surface area contributed by atoms with Crippen LogP contribution in [0.25, 0.3) is 0 Å². The van der Waals surface area contributed by atoms with Crippen molar-refractivity contribution < 1.29 is 15.0 Å². The number of hydrogen-bond acceptors (Lipinski definition) is 3. The highest BCUT2D eigenvalue weighted by Gasteiger charge is 2.17. The minimum Gasteiger partial charge on any atom is -0.394 e. The maximum absolute atomic E-state index is 12.0. The zero-order chi connectivity index (χ0) is 23.7. The standard InChI is InChI=1S/C28H53NO3/c1-3-5-7-9-11-12-13-14-15-16-17-18-19-21-23-27(31)26(25-30)29-28(32)24-22-20-10-8-6-4-2/h16-17,21,23,26-27,30-31H,3-15,18-20,22,24-25H2,1-2H3,(H,29,32)/b17-16+,23-21+. The summed E-state index contributed by atoms with van der Waals surface area (Å²) in [5.41, 5.74) is 0. The molecule has 0 radical (unpaired) electrons. The first-order chi connectivity index (χ1) is 15.7. The van der Waals surface area contributed by atoms with Gasteiger partial charge in [-0.05, 0) is 32.1 Å². The average Bonchev–Trinajstić information content (AvgIpc) is 2.79. The van der Waals surface area contributed by atoms with E-state index in [2.05, 4.69) is 31.3 Å². The van der Waals surface area contributed by atoms with Crippen molar-refractivity contribution in [2.45, 2.75) is 142 Å². The Balaban J connectivity index is 3.77. The summed E-state index contributed by atoms with van der Waals surface area (Å²) in [6, 6.07) is -0.628.